The Morgan fingerprint density at radius 1 is 0.236 bits per heavy atom. The zero-order valence-corrected chi connectivity index (χ0v) is 39.9. The van der Waals surface area contributed by atoms with Crippen LogP contribution in [0.5, 0.6) is 0 Å². The van der Waals surface area contributed by atoms with E-state index in [1.54, 1.807) is 24.3 Å². The number of hydrogen-bond acceptors (Lipinski definition) is 16. The molecule has 0 radical (unpaired) electrons. The van der Waals surface area contributed by atoms with E-state index in [2.05, 4.69) is 62.5 Å². The van der Waals surface area contributed by atoms with E-state index in [9.17, 15) is 38.4 Å². The third-order valence-electron chi connectivity index (χ3n) is 12.0. The molecule has 8 rings (SSSR count). The zero-order chi connectivity index (χ0) is 50.7. The summed E-state index contributed by atoms with van der Waals surface area (Å²) in [5.41, 5.74) is 0.400. The molecule has 12 bridgehead atoms. The summed E-state index contributed by atoms with van der Waals surface area (Å²) in [7, 11) is 0. The molecule has 0 aliphatic carbocycles. The SMILES string of the molecule is O=C1NCCN2CCNC(=O)c3cccc(n3)C(=O)NCCN(CCNC(=O)c3cccc1n3)CCN1CCNC(=O)c3cccc(n3)C(=O)NCCN(CCNC(=O)c3cccc(n3)C(=O)NCC1)CC2. The minimum absolute atomic E-state index is 0.0499. The standard InChI is InChI=1S/C48H60N16O8/c65-41-33-5-1-6-34(57-33)42(66)50-14-22-62-24-16-52-44(68)36-8-2-7-35(58-36)43(67)51-15-23-61(21-13-49-41)29-31-63-25-17-53-45(69)37-9-3-10-38(59-37)46(70)54-18-26-64(32-30-62)28-20-56-48(72)40-12-4-11-39(60-40)47(71)55-19-27-63/h1-12H,13-32H2,(H,49,65)(H,50,66)(H,51,67)(H,52,68)(H,53,69)(H,54,70)(H,55,71)(H,56,72). The predicted molar refractivity (Wildman–Crippen MR) is 261 cm³/mol. The Balaban J connectivity index is 1.24. The highest BCUT2D eigenvalue weighted by Crippen LogP contribution is 2.06. The first-order valence-corrected chi connectivity index (χ1v) is 24.0. The van der Waals surface area contributed by atoms with Crippen molar-refractivity contribution in [3.63, 3.8) is 0 Å². The molecule has 0 saturated heterocycles. The number of amides is 8. The Morgan fingerprint density at radius 2 is 0.375 bits per heavy atom. The lowest BCUT2D eigenvalue weighted by Crippen LogP contribution is -2.46. The van der Waals surface area contributed by atoms with Crippen LogP contribution in [0.2, 0.25) is 0 Å². The number of carbonyl (C=O) groups excluding carboxylic acids is 8. The summed E-state index contributed by atoms with van der Waals surface area (Å²) >= 11 is 0. The first-order valence-electron chi connectivity index (χ1n) is 24.0. The van der Waals surface area contributed by atoms with Gasteiger partial charge in [0.2, 0.25) is 0 Å². The van der Waals surface area contributed by atoms with Crippen LogP contribution in [0.1, 0.15) is 83.9 Å². The predicted octanol–water partition coefficient (Wildman–Crippen LogP) is -2.55. The number of nitrogens with one attached hydrogen (secondary N) is 8. The van der Waals surface area contributed by atoms with E-state index in [1.807, 2.05) is 19.6 Å². The van der Waals surface area contributed by atoms with Crippen LogP contribution < -0.4 is 42.5 Å². The molecular formula is C48H60N16O8. The van der Waals surface area contributed by atoms with E-state index in [0.29, 0.717) is 78.5 Å². The molecule has 8 amide bonds. The van der Waals surface area contributed by atoms with Gasteiger partial charge in [0, 0.05) is 131 Å². The molecule has 4 aliphatic heterocycles. The Kier molecular flexibility index (Phi) is 19.1. The lowest BCUT2D eigenvalue weighted by molar-refractivity contribution is 0.0905. The Bertz CT molecular complexity index is 2100. The third-order valence-corrected chi connectivity index (χ3v) is 12.0. The first kappa shape index (κ1) is 52.0. The van der Waals surface area contributed by atoms with Crippen LogP contribution in [-0.4, -0.2) is 218 Å². The van der Waals surface area contributed by atoms with E-state index in [-0.39, 0.29) is 97.9 Å². The molecule has 8 N–H and O–H groups in total. The molecule has 24 heteroatoms. The molecule has 72 heavy (non-hydrogen) atoms. The summed E-state index contributed by atoms with van der Waals surface area (Å²) in [5, 5.41) is 23.1. The fourth-order valence-electron chi connectivity index (χ4n) is 8.00. The number of pyridine rings is 4. The molecule has 4 aromatic heterocycles. The van der Waals surface area contributed by atoms with Gasteiger partial charge in [0.15, 0.2) is 0 Å². The molecule has 4 aliphatic rings. The van der Waals surface area contributed by atoms with Crippen LogP contribution >= 0.6 is 0 Å². The van der Waals surface area contributed by atoms with Gasteiger partial charge in [-0.2, -0.15) is 0 Å². The quantitative estimate of drug-likeness (QED) is 0.0901. The number of carbonyl (C=O) groups is 8. The fourth-order valence-corrected chi connectivity index (χ4v) is 8.00. The van der Waals surface area contributed by atoms with E-state index in [4.69, 9.17) is 0 Å². The van der Waals surface area contributed by atoms with Gasteiger partial charge in [-0.3, -0.25) is 58.0 Å². The minimum Gasteiger partial charge on any atom is -0.349 e. The van der Waals surface area contributed by atoms with Crippen molar-refractivity contribution in [1.29, 1.82) is 0 Å². The molecule has 380 valence electrons. The number of aromatic nitrogens is 4. The second kappa shape index (κ2) is 26.4. The Morgan fingerprint density at radius 3 is 0.514 bits per heavy atom. The van der Waals surface area contributed by atoms with Gasteiger partial charge in [-0.15, -0.1) is 0 Å². The van der Waals surface area contributed by atoms with Crippen LogP contribution in [0.4, 0.5) is 0 Å². The second-order valence-corrected chi connectivity index (χ2v) is 17.0. The van der Waals surface area contributed by atoms with E-state index in [1.165, 1.54) is 48.5 Å². The van der Waals surface area contributed by atoms with Crippen LogP contribution in [-0.2, 0) is 0 Å². The molecule has 8 heterocycles. The Hall–Kier alpha value is -7.80. The molecule has 0 aromatic carbocycles. The third kappa shape index (κ3) is 15.6. The lowest BCUT2D eigenvalue weighted by Gasteiger charge is -2.28. The number of rotatable bonds is 0. The highest BCUT2D eigenvalue weighted by Gasteiger charge is 2.21. The lowest BCUT2D eigenvalue weighted by atomic mass is 10.2. The van der Waals surface area contributed by atoms with Gasteiger partial charge in [0.25, 0.3) is 47.3 Å². The van der Waals surface area contributed by atoms with Crippen molar-refractivity contribution >= 4 is 47.3 Å². The summed E-state index contributed by atoms with van der Waals surface area (Å²) in [5.74, 6) is -3.87. The van der Waals surface area contributed by atoms with Gasteiger partial charge in [0.05, 0.1) is 0 Å². The topological polar surface area (TPSA) is 297 Å². The first-order chi connectivity index (χ1) is 35.0. The molecule has 4 aromatic rings. The molecule has 0 spiro atoms. The average Bonchev–Trinajstić information content (AvgIpc) is 3.39. The maximum atomic E-state index is 13.5. The molecule has 0 atom stereocenters. The number of nitrogens with zero attached hydrogens (tertiary/aromatic N) is 8. The van der Waals surface area contributed by atoms with Crippen molar-refractivity contribution < 1.29 is 38.4 Å². The molecule has 24 nitrogen and oxygen atoms in total. The minimum atomic E-state index is -0.484. The van der Waals surface area contributed by atoms with Gasteiger partial charge >= 0.3 is 0 Å². The maximum Gasteiger partial charge on any atom is 0.269 e. The van der Waals surface area contributed by atoms with Crippen LogP contribution in [0.15, 0.2) is 72.8 Å². The monoisotopic (exact) mass is 988 g/mol. The van der Waals surface area contributed by atoms with Crippen molar-refractivity contribution in [2.75, 3.05) is 131 Å². The van der Waals surface area contributed by atoms with Gasteiger partial charge in [-0.25, -0.2) is 19.9 Å². The van der Waals surface area contributed by atoms with Gasteiger partial charge in [-0.05, 0) is 48.5 Å². The average molecular weight is 989 g/mol. The molecular weight excluding hydrogens is 929 g/mol. The molecule has 0 saturated carbocycles. The van der Waals surface area contributed by atoms with Crippen molar-refractivity contribution in [3.05, 3.63) is 118 Å². The van der Waals surface area contributed by atoms with Crippen LogP contribution in [0.25, 0.3) is 0 Å². The van der Waals surface area contributed by atoms with Gasteiger partial charge < -0.3 is 42.5 Å². The summed E-state index contributed by atoms with van der Waals surface area (Å²) < 4.78 is 0. The van der Waals surface area contributed by atoms with Crippen molar-refractivity contribution in [1.82, 2.24) is 82.1 Å². The summed E-state index contributed by atoms with van der Waals surface area (Å²) in [6.45, 7) is 5.40. The zero-order valence-electron chi connectivity index (χ0n) is 39.9. The summed E-state index contributed by atoms with van der Waals surface area (Å²) in [6, 6.07) is 18.5. The van der Waals surface area contributed by atoms with Gasteiger partial charge in [0.1, 0.15) is 45.6 Å². The number of hydrogen-bond donors (Lipinski definition) is 8. The Labute approximate surface area is 415 Å². The highest BCUT2D eigenvalue weighted by molar-refractivity contribution is 5.98. The van der Waals surface area contributed by atoms with E-state index < -0.39 is 47.3 Å². The van der Waals surface area contributed by atoms with Crippen molar-refractivity contribution in [2.45, 2.75) is 0 Å². The molecule has 0 unspecified atom stereocenters. The van der Waals surface area contributed by atoms with E-state index >= 15 is 0 Å². The van der Waals surface area contributed by atoms with Crippen molar-refractivity contribution in [3.8, 4) is 0 Å². The smallest absolute Gasteiger partial charge is 0.269 e. The number of fused-ring (bicyclic) bond motifs is 16. The largest absolute Gasteiger partial charge is 0.349 e. The molecule has 0 fully saturated rings. The fraction of sp³-hybridized carbons (Fsp3) is 0.417. The normalized spacial score (nSPS) is 22.4. The van der Waals surface area contributed by atoms with Crippen LogP contribution in [0.3, 0.4) is 0 Å². The second-order valence-electron chi connectivity index (χ2n) is 17.0. The van der Waals surface area contributed by atoms with Crippen LogP contribution in [0, 0.1) is 0 Å². The summed E-state index contributed by atoms with van der Waals surface area (Å²) in [4.78, 5) is 133. The van der Waals surface area contributed by atoms with Crippen molar-refractivity contribution in [2.24, 2.45) is 0 Å². The maximum absolute atomic E-state index is 13.5. The highest BCUT2D eigenvalue weighted by atomic mass is 16.2. The van der Waals surface area contributed by atoms with E-state index in [0.717, 1.165) is 0 Å². The van der Waals surface area contributed by atoms with Gasteiger partial charge in [-0.1, -0.05) is 24.3 Å². The summed E-state index contributed by atoms with van der Waals surface area (Å²) in [6.07, 6.45) is 0.